The molecule has 25 heavy (non-hydrogen) atoms. The van der Waals surface area contributed by atoms with Gasteiger partial charge in [-0.3, -0.25) is 4.79 Å². The minimum absolute atomic E-state index is 0.00295. The molecule has 0 aliphatic heterocycles. The van der Waals surface area contributed by atoms with Crippen LogP contribution in [0, 0.1) is 5.92 Å². The normalized spacial score (nSPS) is 13.1. The number of amides is 1. The van der Waals surface area contributed by atoms with Crippen molar-refractivity contribution in [3.63, 3.8) is 0 Å². The van der Waals surface area contributed by atoms with E-state index in [1.54, 1.807) is 11.0 Å². The van der Waals surface area contributed by atoms with E-state index in [9.17, 15) is 9.59 Å². The van der Waals surface area contributed by atoms with Crippen LogP contribution in [0.3, 0.4) is 0 Å². The first-order valence-corrected chi connectivity index (χ1v) is 9.00. The highest BCUT2D eigenvalue weighted by atomic mass is 32.2. The zero-order valence-corrected chi connectivity index (χ0v) is 15.3. The highest BCUT2D eigenvalue weighted by Gasteiger charge is 2.26. The van der Waals surface area contributed by atoms with Gasteiger partial charge in [0.15, 0.2) is 0 Å². The van der Waals surface area contributed by atoms with E-state index in [2.05, 4.69) is 15.4 Å². The number of carbonyl (C=O) groups excluding carboxylic acids is 2. The lowest BCUT2D eigenvalue weighted by molar-refractivity contribution is -0.146. The van der Waals surface area contributed by atoms with E-state index in [1.807, 2.05) is 44.2 Å². The van der Waals surface area contributed by atoms with Crippen LogP contribution in [0.5, 0.6) is 0 Å². The summed E-state index contributed by atoms with van der Waals surface area (Å²) in [6, 6.07) is 8.96. The lowest BCUT2D eigenvalue weighted by Gasteiger charge is -2.21. The Labute approximate surface area is 151 Å². The van der Waals surface area contributed by atoms with Crippen LogP contribution in [0.25, 0.3) is 5.69 Å². The highest BCUT2D eigenvalue weighted by Crippen LogP contribution is 2.15. The van der Waals surface area contributed by atoms with E-state index in [0.717, 1.165) is 12.1 Å². The number of carbonyl (C=O) groups is 2. The number of aromatic nitrogens is 3. The summed E-state index contributed by atoms with van der Waals surface area (Å²) < 4.78 is 6.41. The Morgan fingerprint density at radius 3 is 2.68 bits per heavy atom. The summed E-state index contributed by atoms with van der Waals surface area (Å²) in [7, 11) is 1.32. The van der Waals surface area contributed by atoms with Crippen molar-refractivity contribution in [2.75, 3.05) is 12.9 Å². The number of para-hydroxylation sites is 1. The molecule has 134 valence electrons. The predicted molar refractivity (Wildman–Crippen MR) is 95.5 cm³/mol. The monoisotopic (exact) mass is 362 g/mol. The second kappa shape index (κ2) is 9.22. The molecule has 1 N–H and O–H groups in total. The SMILES string of the molecule is CCC(C)C(NC(=O)CSc1ncn(-c2ccccc2)n1)C(=O)OC. The first-order valence-electron chi connectivity index (χ1n) is 8.02. The number of ether oxygens (including phenoxy) is 1. The number of nitrogens with one attached hydrogen (secondary N) is 1. The van der Waals surface area contributed by atoms with Crippen LogP contribution < -0.4 is 5.32 Å². The molecule has 7 nitrogen and oxygen atoms in total. The molecule has 2 aromatic rings. The van der Waals surface area contributed by atoms with Gasteiger partial charge in [0.2, 0.25) is 11.1 Å². The number of nitrogens with zero attached hydrogens (tertiary/aromatic N) is 3. The van der Waals surface area contributed by atoms with Crippen molar-refractivity contribution in [1.82, 2.24) is 20.1 Å². The van der Waals surface area contributed by atoms with Crippen LogP contribution in [-0.2, 0) is 14.3 Å². The topological polar surface area (TPSA) is 86.1 Å². The molecule has 1 aromatic carbocycles. The molecule has 0 aliphatic carbocycles. The van der Waals surface area contributed by atoms with Crippen LogP contribution in [-0.4, -0.2) is 45.5 Å². The Bertz CT molecular complexity index is 705. The van der Waals surface area contributed by atoms with Crippen molar-refractivity contribution in [3.8, 4) is 5.69 Å². The number of hydrogen-bond acceptors (Lipinski definition) is 6. The third-order valence-electron chi connectivity index (χ3n) is 3.81. The average molecular weight is 362 g/mol. The van der Waals surface area contributed by atoms with Crippen LogP contribution in [0.1, 0.15) is 20.3 Å². The quantitative estimate of drug-likeness (QED) is 0.571. The maximum absolute atomic E-state index is 12.1. The van der Waals surface area contributed by atoms with Gasteiger partial charge in [-0.05, 0) is 18.1 Å². The van der Waals surface area contributed by atoms with Gasteiger partial charge in [-0.25, -0.2) is 14.5 Å². The largest absolute Gasteiger partial charge is 0.467 e. The van der Waals surface area contributed by atoms with Crippen LogP contribution in [0.4, 0.5) is 0 Å². The van der Waals surface area contributed by atoms with Gasteiger partial charge in [0.05, 0.1) is 18.6 Å². The van der Waals surface area contributed by atoms with E-state index in [4.69, 9.17) is 4.74 Å². The number of esters is 1. The summed E-state index contributed by atoms with van der Waals surface area (Å²) in [5.74, 6) is -0.560. The lowest BCUT2D eigenvalue weighted by atomic mass is 9.99. The fourth-order valence-electron chi connectivity index (χ4n) is 2.16. The predicted octanol–water partition coefficient (Wildman–Crippen LogP) is 2.06. The molecule has 0 saturated carbocycles. The number of rotatable bonds is 8. The van der Waals surface area contributed by atoms with Crippen molar-refractivity contribution < 1.29 is 14.3 Å². The van der Waals surface area contributed by atoms with Gasteiger partial charge >= 0.3 is 5.97 Å². The fraction of sp³-hybridized carbons (Fsp3) is 0.412. The van der Waals surface area contributed by atoms with E-state index in [1.165, 1.54) is 18.9 Å². The second-order valence-electron chi connectivity index (χ2n) is 5.55. The summed E-state index contributed by atoms with van der Waals surface area (Å²) in [6.45, 7) is 3.86. The van der Waals surface area contributed by atoms with Crippen molar-refractivity contribution in [1.29, 1.82) is 0 Å². The third kappa shape index (κ3) is 5.32. The number of methoxy groups -OCH3 is 1. The standard InChI is InChI=1S/C17H22N4O3S/c1-4-12(2)15(16(23)24-3)19-14(22)10-25-17-18-11-21(20-17)13-8-6-5-7-9-13/h5-9,11-12,15H,4,10H2,1-3H3,(H,19,22). The molecule has 0 saturated heterocycles. The van der Waals surface area contributed by atoms with Gasteiger partial charge < -0.3 is 10.1 Å². The third-order valence-corrected chi connectivity index (χ3v) is 4.66. The van der Waals surface area contributed by atoms with Crippen molar-refractivity contribution in [2.45, 2.75) is 31.5 Å². The summed E-state index contributed by atoms with van der Waals surface area (Å²) in [5, 5.41) is 7.56. The number of thioether (sulfide) groups is 1. The van der Waals surface area contributed by atoms with E-state index in [-0.39, 0.29) is 17.6 Å². The van der Waals surface area contributed by atoms with Crippen LogP contribution in [0.2, 0.25) is 0 Å². The first kappa shape index (κ1) is 19.0. The molecule has 0 fully saturated rings. The molecular weight excluding hydrogens is 340 g/mol. The van der Waals surface area contributed by atoms with Crippen LogP contribution >= 0.6 is 11.8 Å². The van der Waals surface area contributed by atoms with Gasteiger partial charge in [-0.1, -0.05) is 50.2 Å². The van der Waals surface area contributed by atoms with Crippen molar-refractivity contribution in [3.05, 3.63) is 36.7 Å². The molecule has 1 aromatic heterocycles. The summed E-state index contributed by atoms with van der Waals surface area (Å²) in [5.41, 5.74) is 0.897. The van der Waals surface area contributed by atoms with Gasteiger partial charge in [0.1, 0.15) is 12.4 Å². The second-order valence-corrected chi connectivity index (χ2v) is 6.49. The number of hydrogen-bond donors (Lipinski definition) is 1. The first-order chi connectivity index (χ1) is 12.0. The molecular formula is C17H22N4O3S. The lowest BCUT2D eigenvalue weighted by Crippen LogP contribution is -2.46. The Morgan fingerprint density at radius 1 is 1.32 bits per heavy atom. The molecule has 0 bridgehead atoms. The Kier molecular flexibility index (Phi) is 7.00. The van der Waals surface area contributed by atoms with Gasteiger partial charge in [-0.15, -0.1) is 5.10 Å². The van der Waals surface area contributed by atoms with Crippen molar-refractivity contribution >= 4 is 23.6 Å². The van der Waals surface area contributed by atoms with E-state index >= 15 is 0 Å². The molecule has 2 atom stereocenters. The van der Waals surface area contributed by atoms with Gasteiger partial charge in [0, 0.05) is 0 Å². The van der Waals surface area contributed by atoms with E-state index in [0.29, 0.717) is 5.16 Å². The smallest absolute Gasteiger partial charge is 0.328 e. The minimum atomic E-state index is -0.641. The highest BCUT2D eigenvalue weighted by molar-refractivity contribution is 7.99. The molecule has 0 aliphatic rings. The zero-order chi connectivity index (χ0) is 18.2. The summed E-state index contributed by atoms with van der Waals surface area (Å²) in [4.78, 5) is 28.1. The van der Waals surface area contributed by atoms with E-state index < -0.39 is 12.0 Å². The minimum Gasteiger partial charge on any atom is -0.467 e. The zero-order valence-electron chi connectivity index (χ0n) is 14.5. The molecule has 1 heterocycles. The van der Waals surface area contributed by atoms with Crippen molar-refractivity contribution in [2.24, 2.45) is 5.92 Å². The molecule has 0 radical (unpaired) electrons. The summed E-state index contributed by atoms with van der Waals surface area (Å²) >= 11 is 1.22. The Morgan fingerprint density at radius 2 is 2.04 bits per heavy atom. The molecule has 8 heteroatoms. The molecule has 2 rings (SSSR count). The Hall–Kier alpha value is -2.35. The van der Waals surface area contributed by atoms with Gasteiger partial charge in [-0.2, -0.15) is 0 Å². The summed E-state index contributed by atoms with van der Waals surface area (Å²) in [6.07, 6.45) is 2.36. The van der Waals surface area contributed by atoms with Crippen LogP contribution in [0.15, 0.2) is 41.8 Å². The fourth-order valence-corrected chi connectivity index (χ4v) is 2.77. The molecule has 2 unspecified atom stereocenters. The maximum atomic E-state index is 12.1. The maximum Gasteiger partial charge on any atom is 0.328 e. The average Bonchev–Trinajstić information content (AvgIpc) is 3.13. The Balaban J connectivity index is 1.91. The molecule has 1 amide bonds. The number of benzene rings is 1. The van der Waals surface area contributed by atoms with Gasteiger partial charge in [0.25, 0.3) is 0 Å². The molecule has 0 spiro atoms.